The molecule has 0 saturated heterocycles. The van der Waals surface area contributed by atoms with Gasteiger partial charge in [0, 0.05) is 37.3 Å². The Hall–Kier alpha value is -4.73. The fourth-order valence-electron chi connectivity index (χ4n) is 5.81. The SMILES string of the molecule is Cc1cc(C(=O)N2CCCCc3ccccc32)ccc1CNC(=O)N1CCC(=O)N(CC(=O)OC(C)(C)C)c2cccc(F)c21. The summed E-state index contributed by atoms with van der Waals surface area (Å²) in [5.41, 5.74) is 3.57. The maximum absolute atomic E-state index is 15.3. The van der Waals surface area contributed by atoms with Gasteiger partial charge in [-0.2, -0.15) is 0 Å². The molecule has 2 heterocycles. The molecule has 0 fully saturated rings. The number of amides is 4. The number of ether oxygens (including phenoxy) is 1. The topological polar surface area (TPSA) is 99.3 Å². The van der Waals surface area contributed by atoms with Gasteiger partial charge in [-0.3, -0.25) is 24.2 Å². The number of hydrogen-bond donors (Lipinski definition) is 1. The summed E-state index contributed by atoms with van der Waals surface area (Å²) in [5.74, 6) is -1.83. The summed E-state index contributed by atoms with van der Waals surface area (Å²) in [6.07, 6.45) is 2.78. The predicted molar refractivity (Wildman–Crippen MR) is 171 cm³/mol. The Morgan fingerprint density at radius 1 is 0.911 bits per heavy atom. The molecule has 1 N–H and O–H groups in total. The van der Waals surface area contributed by atoms with Crippen molar-refractivity contribution in [3.8, 4) is 0 Å². The first-order valence-electron chi connectivity index (χ1n) is 15.3. The van der Waals surface area contributed by atoms with Gasteiger partial charge in [0.2, 0.25) is 5.91 Å². The molecule has 10 heteroatoms. The lowest BCUT2D eigenvalue weighted by Crippen LogP contribution is -2.41. The first-order chi connectivity index (χ1) is 21.4. The van der Waals surface area contributed by atoms with Gasteiger partial charge in [0.05, 0.1) is 5.69 Å². The third-order valence-corrected chi connectivity index (χ3v) is 7.95. The minimum atomic E-state index is -0.759. The molecule has 3 aromatic rings. The Kier molecular flexibility index (Phi) is 9.22. The molecule has 2 aliphatic heterocycles. The lowest BCUT2D eigenvalue weighted by molar-refractivity contribution is -0.153. The Bertz CT molecular complexity index is 1630. The molecular formula is C35H39FN4O5. The van der Waals surface area contributed by atoms with Gasteiger partial charge in [0.15, 0.2) is 0 Å². The van der Waals surface area contributed by atoms with Crippen LogP contribution in [0.5, 0.6) is 0 Å². The van der Waals surface area contributed by atoms with E-state index < -0.39 is 35.9 Å². The highest BCUT2D eigenvalue weighted by Gasteiger charge is 2.33. The van der Waals surface area contributed by atoms with Gasteiger partial charge >= 0.3 is 12.0 Å². The molecular weight excluding hydrogens is 575 g/mol. The van der Waals surface area contributed by atoms with Crippen LogP contribution in [0.1, 0.15) is 67.1 Å². The summed E-state index contributed by atoms with van der Waals surface area (Å²) in [6, 6.07) is 17.0. The van der Waals surface area contributed by atoms with E-state index in [0.29, 0.717) is 12.1 Å². The van der Waals surface area contributed by atoms with Crippen molar-refractivity contribution >= 4 is 40.9 Å². The molecule has 0 spiro atoms. The molecule has 0 bridgehead atoms. The van der Waals surface area contributed by atoms with Crippen LogP contribution in [0, 0.1) is 12.7 Å². The van der Waals surface area contributed by atoms with Crippen LogP contribution in [0.4, 0.5) is 26.2 Å². The first-order valence-corrected chi connectivity index (χ1v) is 15.3. The number of nitrogens with zero attached hydrogens (tertiary/aromatic N) is 3. The number of halogens is 1. The average molecular weight is 615 g/mol. The van der Waals surface area contributed by atoms with E-state index in [0.717, 1.165) is 36.1 Å². The summed E-state index contributed by atoms with van der Waals surface area (Å²) >= 11 is 0. The van der Waals surface area contributed by atoms with Crippen molar-refractivity contribution in [2.24, 2.45) is 0 Å². The van der Waals surface area contributed by atoms with E-state index in [1.165, 1.54) is 33.6 Å². The van der Waals surface area contributed by atoms with Crippen LogP contribution in [-0.4, -0.2) is 49.1 Å². The zero-order valence-electron chi connectivity index (χ0n) is 26.2. The fourth-order valence-corrected chi connectivity index (χ4v) is 5.81. The van der Waals surface area contributed by atoms with Crippen LogP contribution in [0.3, 0.4) is 0 Å². The van der Waals surface area contributed by atoms with Crippen molar-refractivity contribution < 1.29 is 28.3 Å². The highest BCUT2D eigenvalue weighted by atomic mass is 19.1. The van der Waals surface area contributed by atoms with Crippen LogP contribution in [0.15, 0.2) is 60.7 Å². The number of hydrogen-bond acceptors (Lipinski definition) is 5. The smallest absolute Gasteiger partial charge is 0.326 e. The maximum atomic E-state index is 15.3. The molecule has 0 radical (unpaired) electrons. The highest BCUT2D eigenvalue weighted by molar-refractivity contribution is 6.07. The van der Waals surface area contributed by atoms with E-state index in [-0.39, 0.29) is 36.8 Å². The van der Waals surface area contributed by atoms with E-state index in [1.54, 1.807) is 26.8 Å². The molecule has 5 rings (SSSR count). The molecule has 0 aromatic heterocycles. The number of carbonyl (C=O) groups is 4. The predicted octanol–water partition coefficient (Wildman–Crippen LogP) is 5.91. The molecule has 0 atom stereocenters. The third kappa shape index (κ3) is 7.16. The van der Waals surface area contributed by atoms with Crippen LogP contribution < -0.4 is 20.0 Å². The van der Waals surface area contributed by atoms with Crippen molar-refractivity contribution in [2.75, 3.05) is 34.3 Å². The Labute approximate surface area is 262 Å². The number of benzene rings is 3. The summed E-state index contributed by atoms with van der Waals surface area (Å²) in [7, 11) is 0. The van der Waals surface area contributed by atoms with Crippen LogP contribution in [0.2, 0.25) is 0 Å². The van der Waals surface area contributed by atoms with E-state index in [1.807, 2.05) is 42.2 Å². The molecule has 0 aliphatic carbocycles. The van der Waals surface area contributed by atoms with Crippen LogP contribution in [0.25, 0.3) is 0 Å². The molecule has 0 unspecified atom stereocenters. The Balaban J connectivity index is 1.31. The van der Waals surface area contributed by atoms with Gasteiger partial charge in [0.1, 0.15) is 23.7 Å². The van der Waals surface area contributed by atoms with Crippen molar-refractivity contribution in [3.63, 3.8) is 0 Å². The standard InChI is InChI=1S/C35H39FN4O5/c1-23-20-25(33(43)38-18-8-7-11-24-10-5-6-13-28(24)38)15-16-26(23)21-37-34(44)39-19-17-30(41)40(22-31(42)45-35(2,3)4)29-14-9-12-27(36)32(29)39/h5-6,9-10,12-16,20H,7-8,11,17-19,21-22H2,1-4H3,(H,37,44). The quantitative estimate of drug-likeness (QED) is 0.360. The van der Waals surface area contributed by atoms with E-state index in [2.05, 4.69) is 11.4 Å². The number of rotatable bonds is 5. The van der Waals surface area contributed by atoms with Gasteiger partial charge in [-0.25, -0.2) is 9.18 Å². The number of aryl methyl sites for hydroxylation is 2. The minimum Gasteiger partial charge on any atom is -0.459 e. The molecule has 4 amide bonds. The van der Waals surface area contributed by atoms with Gasteiger partial charge in [0.25, 0.3) is 5.91 Å². The number of carbonyl (C=O) groups excluding carboxylic acids is 4. The lowest BCUT2D eigenvalue weighted by Gasteiger charge is -2.27. The third-order valence-electron chi connectivity index (χ3n) is 7.95. The zero-order valence-corrected chi connectivity index (χ0v) is 26.2. The zero-order chi connectivity index (χ0) is 32.3. The van der Waals surface area contributed by atoms with Gasteiger partial charge in [-0.05, 0) is 94.0 Å². The largest absolute Gasteiger partial charge is 0.459 e. The second kappa shape index (κ2) is 13.1. The molecule has 2 aliphatic rings. The molecule has 9 nitrogen and oxygen atoms in total. The summed E-state index contributed by atoms with van der Waals surface area (Å²) in [4.78, 5) is 56.9. The van der Waals surface area contributed by atoms with Gasteiger partial charge in [-0.15, -0.1) is 0 Å². The van der Waals surface area contributed by atoms with Crippen molar-refractivity contribution in [1.29, 1.82) is 0 Å². The normalized spacial score (nSPS) is 15.0. The Morgan fingerprint density at radius 2 is 1.67 bits per heavy atom. The number of fused-ring (bicyclic) bond motifs is 2. The highest BCUT2D eigenvalue weighted by Crippen LogP contribution is 2.35. The van der Waals surface area contributed by atoms with Crippen LogP contribution >= 0.6 is 0 Å². The maximum Gasteiger partial charge on any atom is 0.326 e. The molecule has 45 heavy (non-hydrogen) atoms. The average Bonchev–Trinajstić information content (AvgIpc) is 3.28. The number of esters is 1. The summed E-state index contributed by atoms with van der Waals surface area (Å²) < 4.78 is 20.7. The van der Waals surface area contributed by atoms with E-state index in [4.69, 9.17) is 4.74 Å². The monoisotopic (exact) mass is 614 g/mol. The second-order valence-electron chi connectivity index (χ2n) is 12.4. The minimum absolute atomic E-state index is 0.0692. The number of anilines is 3. The number of urea groups is 1. The molecule has 236 valence electrons. The second-order valence-corrected chi connectivity index (χ2v) is 12.4. The number of para-hydroxylation sites is 2. The molecule has 3 aromatic carbocycles. The van der Waals surface area contributed by atoms with Crippen molar-refractivity contribution in [1.82, 2.24) is 5.32 Å². The lowest BCUT2D eigenvalue weighted by atomic mass is 10.0. The van der Waals surface area contributed by atoms with Crippen LogP contribution in [-0.2, 0) is 27.3 Å². The summed E-state index contributed by atoms with van der Waals surface area (Å²) in [6.45, 7) is 7.33. The van der Waals surface area contributed by atoms with Gasteiger partial charge < -0.3 is 15.0 Å². The van der Waals surface area contributed by atoms with E-state index >= 15 is 4.39 Å². The fraction of sp³-hybridized carbons (Fsp3) is 0.371. The summed E-state index contributed by atoms with van der Waals surface area (Å²) in [5, 5.41) is 2.84. The number of nitrogens with one attached hydrogen (secondary N) is 1. The molecule has 0 saturated carbocycles. The van der Waals surface area contributed by atoms with Crippen molar-refractivity contribution in [2.45, 2.75) is 65.5 Å². The Morgan fingerprint density at radius 3 is 2.42 bits per heavy atom. The van der Waals surface area contributed by atoms with Gasteiger partial charge in [-0.1, -0.05) is 30.3 Å². The van der Waals surface area contributed by atoms with E-state index in [9.17, 15) is 19.2 Å². The van der Waals surface area contributed by atoms with Crippen molar-refractivity contribution in [3.05, 3.63) is 88.7 Å². The first kappa shape index (κ1) is 31.7.